The number of aromatic nitrogens is 2. The average Bonchev–Trinajstić information content (AvgIpc) is 2.30. The number of carboxylic acids is 1. The largest absolute Gasteiger partial charge is 0.478 e. The van der Waals surface area contributed by atoms with Crippen LogP contribution in [0.1, 0.15) is 15.9 Å². The summed E-state index contributed by atoms with van der Waals surface area (Å²) >= 11 is 0. The summed E-state index contributed by atoms with van der Waals surface area (Å²) in [6.45, 7) is 1.81. The molecule has 0 aliphatic carbocycles. The number of carbonyl (C=O) groups is 1. The van der Waals surface area contributed by atoms with Gasteiger partial charge in [-0.05, 0) is 30.7 Å². The molecule has 0 bridgehead atoms. The lowest BCUT2D eigenvalue weighted by Crippen LogP contribution is -2.03. The van der Waals surface area contributed by atoms with Crippen molar-refractivity contribution >= 4 is 5.97 Å². The Morgan fingerprint density at radius 3 is 2.75 bits per heavy atom. The molecule has 0 aliphatic heterocycles. The quantitative estimate of drug-likeness (QED) is 0.831. The molecule has 1 N–H and O–H groups in total. The fourth-order valence-electron chi connectivity index (χ4n) is 1.44. The average molecular weight is 214 g/mol. The summed E-state index contributed by atoms with van der Waals surface area (Å²) in [6, 6.07) is 6.91. The van der Waals surface area contributed by atoms with E-state index in [1.54, 1.807) is 36.7 Å². The van der Waals surface area contributed by atoms with Crippen molar-refractivity contribution in [1.82, 2.24) is 9.97 Å². The third kappa shape index (κ3) is 1.91. The van der Waals surface area contributed by atoms with Crippen LogP contribution in [0.25, 0.3) is 11.4 Å². The zero-order valence-corrected chi connectivity index (χ0v) is 8.71. The minimum Gasteiger partial charge on any atom is -0.478 e. The lowest BCUT2D eigenvalue weighted by Gasteiger charge is -2.04. The molecule has 0 unspecified atom stereocenters. The summed E-state index contributed by atoms with van der Waals surface area (Å²) in [5, 5.41) is 9.08. The van der Waals surface area contributed by atoms with Gasteiger partial charge in [0, 0.05) is 12.4 Å². The second kappa shape index (κ2) is 4.10. The maximum Gasteiger partial charge on any atom is 0.337 e. The molecular weight excluding hydrogens is 204 g/mol. The third-order valence-electron chi connectivity index (χ3n) is 2.16. The highest BCUT2D eigenvalue weighted by Gasteiger charge is 2.13. The van der Waals surface area contributed by atoms with Gasteiger partial charge in [0.1, 0.15) is 5.69 Å². The third-order valence-corrected chi connectivity index (χ3v) is 2.16. The van der Waals surface area contributed by atoms with Crippen molar-refractivity contribution in [3.8, 4) is 11.4 Å². The first-order valence-corrected chi connectivity index (χ1v) is 4.80. The number of nitrogens with zero attached hydrogens (tertiary/aromatic N) is 2. The smallest absolute Gasteiger partial charge is 0.337 e. The molecule has 80 valence electrons. The van der Waals surface area contributed by atoms with Crippen LogP contribution in [0.2, 0.25) is 0 Å². The number of hydrogen-bond acceptors (Lipinski definition) is 3. The van der Waals surface area contributed by atoms with Gasteiger partial charge in [0.05, 0.1) is 11.3 Å². The minimum absolute atomic E-state index is 0.179. The zero-order valence-electron chi connectivity index (χ0n) is 8.71. The molecule has 0 atom stereocenters. The first-order valence-electron chi connectivity index (χ1n) is 4.80. The molecule has 2 aromatic rings. The number of rotatable bonds is 2. The summed E-state index contributed by atoms with van der Waals surface area (Å²) in [7, 11) is 0. The summed E-state index contributed by atoms with van der Waals surface area (Å²) in [5.74, 6) is -0.989. The van der Waals surface area contributed by atoms with Crippen molar-refractivity contribution in [3.63, 3.8) is 0 Å². The molecule has 4 nitrogen and oxygen atoms in total. The van der Waals surface area contributed by atoms with Crippen LogP contribution in [-0.2, 0) is 0 Å². The van der Waals surface area contributed by atoms with E-state index in [1.807, 2.05) is 6.92 Å². The lowest BCUT2D eigenvalue weighted by atomic mass is 10.1. The molecule has 2 aromatic heterocycles. The van der Waals surface area contributed by atoms with Crippen molar-refractivity contribution < 1.29 is 9.90 Å². The van der Waals surface area contributed by atoms with Crippen LogP contribution in [-0.4, -0.2) is 21.0 Å². The van der Waals surface area contributed by atoms with Gasteiger partial charge in [-0.2, -0.15) is 0 Å². The molecule has 0 fully saturated rings. The fourth-order valence-corrected chi connectivity index (χ4v) is 1.44. The van der Waals surface area contributed by atoms with Gasteiger partial charge in [-0.3, -0.25) is 9.97 Å². The highest BCUT2D eigenvalue weighted by molar-refractivity contribution is 5.94. The van der Waals surface area contributed by atoms with E-state index in [4.69, 9.17) is 5.11 Å². The molecule has 0 amide bonds. The molecular formula is C12H10N2O2. The molecule has 2 rings (SSSR count). The number of pyridine rings is 2. The van der Waals surface area contributed by atoms with Crippen LogP contribution in [0.15, 0.2) is 36.7 Å². The van der Waals surface area contributed by atoms with E-state index < -0.39 is 5.97 Å². The number of aromatic carboxylic acids is 1. The van der Waals surface area contributed by atoms with Crippen molar-refractivity contribution in [2.75, 3.05) is 0 Å². The van der Waals surface area contributed by atoms with E-state index in [1.165, 1.54) is 0 Å². The highest BCUT2D eigenvalue weighted by Crippen LogP contribution is 2.19. The van der Waals surface area contributed by atoms with Gasteiger partial charge < -0.3 is 5.11 Å². The first-order chi connectivity index (χ1) is 7.68. The van der Waals surface area contributed by atoms with E-state index in [0.29, 0.717) is 11.4 Å². The van der Waals surface area contributed by atoms with Gasteiger partial charge in [0.2, 0.25) is 0 Å². The van der Waals surface area contributed by atoms with Gasteiger partial charge in [-0.25, -0.2) is 4.79 Å². The van der Waals surface area contributed by atoms with Crippen LogP contribution in [0.5, 0.6) is 0 Å². The Morgan fingerprint density at radius 1 is 1.31 bits per heavy atom. The Kier molecular flexibility index (Phi) is 2.64. The molecule has 0 spiro atoms. The summed E-state index contributed by atoms with van der Waals surface area (Å²) in [5.41, 5.74) is 1.97. The van der Waals surface area contributed by atoms with E-state index in [9.17, 15) is 4.79 Å². The number of aryl methyl sites for hydroxylation is 1. The Morgan fingerprint density at radius 2 is 2.12 bits per heavy atom. The predicted octanol–water partition coefficient (Wildman–Crippen LogP) is 2.15. The topological polar surface area (TPSA) is 63.1 Å². The molecule has 0 aromatic carbocycles. The van der Waals surface area contributed by atoms with Crippen molar-refractivity contribution in [2.45, 2.75) is 6.92 Å². The summed E-state index contributed by atoms with van der Waals surface area (Å²) in [4.78, 5) is 19.3. The van der Waals surface area contributed by atoms with E-state index in [-0.39, 0.29) is 5.56 Å². The fraction of sp³-hybridized carbons (Fsp3) is 0.0833. The van der Waals surface area contributed by atoms with Crippen LogP contribution < -0.4 is 0 Å². The van der Waals surface area contributed by atoms with Crippen molar-refractivity contribution in [2.24, 2.45) is 0 Å². The summed E-state index contributed by atoms with van der Waals surface area (Å²) in [6.07, 6.45) is 3.25. The van der Waals surface area contributed by atoms with Gasteiger partial charge in [-0.15, -0.1) is 0 Å². The van der Waals surface area contributed by atoms with Gasteiger partial charge in [-0.1, -0.05) is 6.07 Å². The first kappa shape index (κ1) is 10.3. The monoisotopic (exact) mass is 214 g/mol. The second-order valence-corrected chi connectivity index (χ2v) is 3.43. The Balaban J connectivity index is 2.61. The maximum atomic E-state index is 11.1. The van der Waals surface area contributed by atoms with Gasteiger partial charge in [0.25, 0.3) is 0 Å². The minimum atomic E-state index is -0.989. The summed E-state index contributed by atoms with van der Waals surface area (Å²) < 4.78 is 0. The van der Waals surface area contributed by atoms with Crippen molar-refractivity contribution in [1.29, 1.82) is 0 Å². The normalized spacial score (nSPS) is 10.1. The molecule has 0 radical (unpaired) electrons. The zero-order chi connectivity index (χ0) is 11.5. The molecule has 0 saturated heterocycles. The Bertz CT molecular complexity index is 524. The highest BCUT2D eigenvalue weighted by atomic mass is 16.4. The lowest BCUT2D eigenvalue weighted by molar-refractivity contribution is 0.0697. The molecule has 2 heterocycles. The Labute approximate surface area is 92.6 Å². The molecule has 4 heteroatoms. The van der Waals surface area contributed by atoms with E-state index in [0.717, 1.165) is 5.56 Å². The molecule has 16 heavy (non-hydrogen) atoms. The van der Waals surface area contributed by atoms with E-state index >= 15 is 0 Å². The van der Waals surface area contributed by atoms with Crippen LogP contribution in [0, 0.1) is 6.92 Å². The Hall–Kier alpha value is -2.23. The second-order valence-electron chi connectivity index (χ2n) is 3.43. The number of hydrogen-bond donors (Lipinski definition) is 1. The predicted molar refractivity (Wildman–Crippen MR) is 59.2 cm³/mol. The molecule has 0 aliphatic rings. The standard InChI is InChI=1S/C12H10N2O2/c1-8-6-9(12(15)16)11(14-7-8)10-4-2-3-5-13-10/h2-7H,1H3,(H,15,16). The van der Waals surface area contributed by atoms with Gasteiger partial charge >= 0.3 is 5.97 Å². The van der Waals surface area contributed by atoms with Crippen molar-refractivity contribution in [3.05, 3.63) is 47.8 Å². The van der Waals surface area contributed by atoms with E-state index in [2.05, 4.69) is 9.97 Å². The van der Waals surface area contributed by atoms with Crippen LogP contribution in [0.3, 0.4) is 0 Å². The SMILES string of the molecule is Cc1cnc(-c2ccccn2)c(C(=O)O)c1. The maximum absolute atomic E-state index is 11.1. The van der Waals surface area contributed by atoms with Crippen LogP contribution in [0.4, 0.5) is 0 Å². The van der Waals surface area contributed by atoms with Crippen LogP contribution >= 0.6 is 0 Å². The van der Waals surface area contributed by atoms with Gasteiger partial charge in [0.15, 0.2) is 0 Å². The molecule has 0 saturated carbocycles. The number of carboxylic acid groups (broad SMARTS) is 1.